The first kappa shape index (κ1) is 13.8. The first-order valence-corrected chi connectivity index (χ1v) is 7.80. The highest BCUT2D eigenvalue weighted by Crippen LogP contribution is 2.26. The maximum Gasteiger partial charge on any atom is 0.313 e. The molecular formula is C18H16O2S. The Bertz CT molecular complexity index is 747. The molecule has 0 N–H and O–H groups in total. The lowest BCUT2D eigenvalue weighted by Gasteiger charge is -2.15. The third-order valence-corrected chi connectivity index (χ3v) is 4.41. The van der Waals surface area contributed by atoms with Crippen LogP contribution in [0.5, 0.6) is 0 Å². The van der Waals surface area contributed by atoms with Gasteiger partial charge in [0, 0.05) is 0 Å². The molecule has 1 heterocycles. The second-order valence-electron chi connectivity index (χ2n) is 5.02. The van der Waals surface area contributed by atoms with Crippen molar-refractivity contribution in [3.05, 3.63) is 70.4 Å². The van der Waals surface area contributed by atoms with Crippen molar-refractivity contribution in [1.82, 2.24) is 0 Å². The molecule has 0 aliphatic carbocycles. The summed E-state index contributed by atoms with van der Waals surface area (Å²) in [6.07, 6.45) is 0.675. The molecule has 2 nitrogen and oxygen atoms in total. The highest BCUT2D eigenvalue weighted by Gasteiger charge is 2.22. The summed E-state index contributed by atoms with van der Waals surface area (Å²) in [6, 6.07) is 16.4. The average molecular weight is 296 g/mol. The third kappa shape index (κ3) is 2.98. The van der Waals surface area contributed by atoms with Crippen LogP contribution in [0.2, 0.25) is 0 Å². The Morgan fingerprint density at radius 3 is 2.67 bits per heavy atom. The van der Waals surface area contributed by atoms with Crippen LogP contribution in [-0.2, 0) is 16.0 Å². The highest BCUT2D eigenvalue weighted by molar-refractivity contribution is 7.07. The fraction of sp³-hybridized carbons (Fsp3) is 0.167. The molecule has 0 saturated carbocycles. The van der Waals surface area contributed by atoms with Crippen molar-refractivity contribution in [3.63, 3.8) is 0 Å². The number of rotatable bonds is 4. The van der Waals surface area contributed by atoms with Crippen LogP contribution >= 0.6 is 11.3 Å². The zero-order valence-electron chi connectivity index (χ0n) is 11.8. The maximum absolute atomic E-state index is 12.2. The van der Waals surface area contributed by atoms with Gasteiger partial charge in [-0.05, 0) is 45.1 Å². The van der Waals surface area contributed by atoms with E-state index in [1.165, 1.54) is 18.1 Å². The SMILES string of the molecule is COC(=O)C(Cc1ccsc1)c1ccc2ccccc2c1. The molecule has 0 bridgehead atoms. The number of carbonyl (C=O) groups is 1. The molecule has 0 fully saturated rings. The Kier molecular flexibility index (Phi) is 4.02. The molecule has 1 aromatic heterocycles. The molecule has 1 atom stereocenters. The zero-order valence-corrected chi connectivity index (χ0v) is 12.6. The summed E-state index contributed by atoms with van der Waals surface area (Å²) >= 11 is 1.65. The van der Waals surface area contributed by atoms with Gasteiger partial charge < -0.3 is 4.74 Å². The lowest BCUT2D eigenvalue weighted by Crippen LogP contribution is -2.16. The standard InChI is InChI=1S/C18H16O2S/c1-20-18(19)17(10-13-8-9-21-12-13)16-7-6-14-4-2-3-5-15(14)11-16/h2-9,11-12,17H,10H2,1H3. The second-order valence-corrected chi connectivity index (χ2v) is 5.80. The summed E-state index contributed by atoms with van der Waals surface area (Å²) in [5.41, 5.74) is 2.18. The van der Waals surface area contributed by atoms with Gasteiger partial charge in [0.15, 0.2) is 0 Å². The molecule has 0 amide bonds. The van der Waals surface area contributed by atoms with Crippen LogP contribution in [0.25, 0.3) is 10.8 Å². The van der Waals surface area contributed by atoms with Gasteiger partial charge in [0.25, 0.3) is 0 Å². The molecule has 1 unspecified atom stereocenters. The van der Waals surface area contributed by atoms with Gasteiger partial charge in [-0.25, -0.2) is 0 Å². The Balaban J connectivity index is 1.99. The van der Waals surface area contributed by atoms with Crippen LogP contribution in [0.1, 0.15) is 17.0 Å². The van der Waals surface area contributed by atoms with E-state index in [4.69, 9.17) is 4.74 Å². The number of esters is 1. The van der Waals surface area contributed by atoms with Crippen LogP contribution in [0.15, 0.2) is 59.3 Å². The first-order chi connectivity index (χ1) is 10.3. The number of ether oxygens (including phenoxy) is 1. The summed E-state index contributed by atoms with van der Waals surface area (Å²) < 4.78 is 4.99. The molecule has 3 heteroatoms. The Morgan fingerprint density at radius 1 is 1.14 bits per heavy atom. The van der Waals surface area contributed by atoms with Crippen LogP contribution in [0.4, 0.5) is 0 Å². The Labute approximate surface area is 128 Å². The fourth-order valence-corrected chi connectivity index (χ4v) is 3.23. The Morgan fingerprint density at radius 2 is 1.95 bits per heavy atom. The van der Waals surface area contributed by atoms with Gasteiger partial charge in [0.2, 0.25) is 0 Å². The van der Waals surface area contributed by atoms with Crippen LogP contribution < -0.4 is 0 Å². The van der Waals surface area contributed by atoms with Crippen molar-refractivity contribution in [1.29, 1.82) is 0 Å². The Hall–Kier alpha value is -2.13. The number of thiophene rings is 1. The number of methoxy groups -OCH3 is 1. The molecular weight excluding hydrogens is 280 g/mol. The summed E-state index contributed by atoms with van der Waals surface area (Å²) in [5, 5.41) is 6.44. The summed E-state index contributed by atoms with van der Waals surface area (Å²) in [4.78, 5) is 12.2. The monoisotopic (exact) mass is 296 g/mol. The van der Waals surface area contributed by atoms with E-state index in [1.54, 1.807) is 11.3 Å². The van der Waals surface area contributed by atoms with E-state index in [9.17, 15) is 4.79 Å². The quantitative estimate of drug-likeness (QED) is 0.667. The van der Waals surface area contributed by atoms with Crippen LogP contribution in [0, 0.1) is 0 Å². The number of benzene rings is 2. The number of hydrogen-bond donors (Lipinski definition) is 0. The maximum atomic E-state index is 12.2. The van der Waals surface area contributed by atoms with Gasteiger partial charge in [-0.2, -0.15) is 11.3 Å². The molecule has 3 rings (SSSR count). The second kappa shape index (κ2) is 6.10. The van der Waals surface area contributed by atoms with Gasteiger partial charge in [-0.1, -0.05) is 42.5 Å². The predicted octanol–water partition coefficient (Wildman–Crippen LogP) is 4.40. The van der Waals surface area contributed by atoms with Crippen molar-refractivity contribution in [3.8, 4) is 0 Å². The normalized spacial score (nSPS) is 12.2. The summed E-state index contributed by atoms with van der Waals surface area (Å²) in [7, 11) is 1.45. The third-order valence-electron chi connectivity index (χ3n) is 3.68. The van der Waals surface area contributed by atoms with Gasteiger partial charge in [-0.15, -0.1) is 0 Å². The van der Waals surface area contributed by atoms with E-state index >= 15 is 0 Å². The predicted molar refractivity (Wildman–Crippen MR) is 86.7 cm³/mol. The number of hydrogen-bond acceptors (Lipinski definition) is 3. The van der Waals surface area contributed by atoms with Crippen LogP contribution in [0.3, 0.4) is 0 Å². The smallest absolute Gasteiger partial charge is 0.313 e. The first-order valence-electron chi connectivity index (χ1n) is 6.85. The van der Waals surface area contributed by atoms with Gasteiger partial charge >= 0.3 is 5.97 Å². The topological polar surface area (TPSA) is 26.3 Å². The molecule has 2 aromatic carbocycles. The van der Waals surface area contributed by atoms with Crippen molar-refractivity contribution in [2.45, 2.75) is 12.3 Å². The van der Waals surface area contributed by atoms with Crippen LogP contribution in [-0.4, -0.2) is 13.1 Å². The van der Waals surface area contributed by atoms with Crippen molar-refractivity contribution >= 4 is 28.1 Å². The van der Waals surface area contributed by atoms with E-state index in [-0.39, 0.29) is 11.9 Å². The van der Waals surface area contributed by atoms with Crippen molar-refractivity contribution in [2.24, 2.45) is 0 Å². The minimum Gasteiger partial charge on any atom is -0.469 e. The number of fused-ring (bicyclic) bond motifs is 1. The van der Waals surface area contributed by atoms with Gasteiger partial charge in [0.05, 0.1) is 13.0 Å². The summed E-state index contributed by atoms with van der Waals surface area (Å²) in [5.74, 6) is -0.439. The lowest BCUT2D eigenvalue weighted by atomic mass is 9.91. The summed E-state index contributed by atoms with van der Waals surface area (Å²) in [6.45, 7) is 0. The van der Waals surface area contributed by atoms with Gasteiger partial charge in [-0.3, -0.25) is 4.79 Å². The van der Waals surface area contributed by atoms with E-state index < -0.39 is 0 Å². The highest BCUT2D eigenvalue weighted by atomic mass is 32.1. The van der Waals surface area contributed by atoms with Gasteiger partial charge in [0.1, 0.15) is 0 Å². The molecule has 3 aromatic rings. The van der Waals surface area contributed by atoms with Crippen molar-refractivity contribution < 1.29 is 9.53 Å². The fourth-order valence-electron chi connectivity index (χ4n) is 2.55. The molecule has 21 heavy (non-hydrogen) atoms. The average Bonchev–Trinajstić information content (AvgIpc) is 3.04. The number of carbonyl (C=O) groups excluding carboxylic acids is 1. The van der Waals surface area contributed by atoms with Crippen molar-refractivity contribution in [2.75, 3.05) is 7.11 Å². The van der Waals surface area contributed by atoms with E-state index in [0.29, 0.717) is 6.42 Å². The largest absolute Gasteiger partial charge is 0.469 e. The molecule has 0 spiro atoms. The van der Waals surface area contributed by atoms with E-state index in [0.717, 1.165) is 10.9 Å². The zero-order chi connectivity index (χ0) is 14.7. The molecule has 0 aliphatic heterocycles. The molecule has 0 saturated heterocycles. The van der Waals surface area contributed by atoms with E-state index in [2.05, 4.69) is 35.7 Å². The lowest BCUT2D eigenvalue weighted by molar-refractivity contribution is -0.142. The minimum atomic E-state index is -0.255. The molecule has 106 valence electrons. The molecule has 0 radical (unpaired) electrons. The van der Waals surface area contributed by atoms with E-state index in [1.807, 2.05) is 23.6 Å². The minimum absolute atomic E-state index is 0.184. The molecule has 0 aliphatic rings.